The van der Waals surface area contributed by atoms with Gasteiger partial charge in [-0.15, -0.1) is 0 Å². The molecule has 0 radical (unpaired) electrons. The van der Waals surface area contributed by atoms with Crippen molar-refractivity contribution in [1.29, 1.82) is 0 Å². The Kier molecular flexibility index (Phi) is 5.81. The molecule has 2 rings (SSSR count). The molecule has 0 aliphatic carbocycles. The molecule has 19 heavy (non-hydrogen) atoms. The normalized spacial score (nSPS) is 11.2. The summed E-state index contributed by atoms with van der Waals surface area (Å²) in [5.74, 6) is 0. The number of H-pyrrole nitrogens is 1. The van der Waals surface area contributed by atoms with E-state index >= 15 is 0 Å². The van der Waals surface area contributed by atoms with Crippen LogP contribution >= 0.6 is 0 Å². The van der Waals surface area contributed by atoms with Crippen LogP contribution in [0.25, 0.3) is 11.0 Å². The molecule has 104 valence electrons. The molecule has 1 heterocycles. The van der Waals surface area contributed by atoms with Crippen LogP contribution in [0.3, 0.4) is 0 Å². The van der Waals surface area contributed by atoms with Gasteiger partial charge < -0.3 is 20.4 Å². The van der Waals surface area contributed by atoms with Crippen LogP contribution in [0.2, 0.25) is 0 Å². The van der Waals surface area contributed by atoms with Gasteiger partial charge in [0.05, 0.1) is 24.0 Å². The lowest BCUT2D eigenvalue weighted by molar-refractivity contribution is 0.199. The Balaban J connectivity index is 1.60. The second-order valence-corrected chi connectivity index (χ2v) is 4.53. The molecule has 0 aliphatic heterocycles. The number of nitrogens with zero attached hydrogens (tertiary/aromatic N) is 1. The molecule has 1 aromatic carbocycles. The molecule has 0 saturated carbocycles. The Hall–Kier alpha value is -1.43. The minimum absolute atomic E-state index is 0.775. The van der Waals surface area contributed by atoms with Crippen LogP contribution in [0.15, 0.2) is 24.5 Å². The third-order valence-electron chi connectivity index (χ3n) is 3.00. The molecule has 5 heteroatoms. The van der Waals surface area contributed by atoms with Crippen LogP contribution in [-0.2, 0) is 11.3 Å². The van der Waals surface area contributed by atoms with Crippen molar-refractivity contribution in [1.82, 2.24) is 20.6 Å². The Morgan fingerprint density at radius 2 is 2.11 bits per heavy atom. The summed E-state index contributed by atoms with van der Waals surface area (Å²) in [4.78, 5) is 7.34. The largest absolute Gasteiger partial charge is 0.383 e. The van der Waals surface area contributed by atoms with Crippen LogP contribution in [0.5, 0.6) is 0 Å². The number of imidazole rings is 1. The van der Waals surface area contributed by atoms with E-state index in [1.807, 2.05) is 0 Å². The van der Waals surface area contributed by atoms with E-state index < -0.39 is 0 Å². The quantitative estimate of drug-likeness (QED) is 0.596. The Labute approximate surface area is 113 Å². The van der Waals surface area contributed by atoms with E-state index in [0.29, 0.717) is 0 Å². The highest BCUT2D eigenvalue weighted by molar-refractivity contribution is 5.74. The first-order valence-corrected chi connectivity index (χ1v) is 6.72. The van der Waals surface area contributed by atoms with Crippen molar-refractivity contribution in [3.8, 4) is 0 Å². The molecule has 0 fully saturated rings. The van der Waals surface area contributed by atoms with Gasteiger partial charge in [-0.2, -0.15) is 0 Å². The predicted octanol–water partition coefficient (Wildman–Crippen LogP) is 1.28. The highest BCUT2D eigenvalue weighted by Crippen LogP contribution is 2.11. The number of fused-ring (bicyclic) bond motifs is 1. The molecule has 0 saturated heterocycles. The van der Waals surface area contributed by atoms with Gasteiger partial charge in [-0.1, -0.05) is 6.07 Å². The number of methoxy groups -OCH3 is 1. The SMILES string of the molecule is COCCNCCCNCc1ccc2nc[nH]c2c1. The van der Waals surface area contributed by atoms with Gasteiger partial charge in [-0.25, -0.2) is 4.98 Å². The first kappa shape index (κ1) is 14.0. The molecule has 0 aliphatic rings. The summed E-state index contributed by atoms with van der Waals surface area (Å²) in [7, 11) is 1.72. The van der Waals surface area contributed by atoms with E-state index in [0.717, 1.165) is 50.2 Å². The Bertz CT molecular complexity index is 483. The van der Waals surface area contributed by atoms with Gasteiger partial charge in [0, 0.05) is 20.2 Å². The van der Waals surface area contributed by atoms with Gasteiger partial charge >= 0.3 is 0 Å². The molecule has 2 aromatic rings. The fourth-order valence-electron chi connectivity index (χ4n) is 1.96. The van der Waals surface area contributed by atoms with Crippen molar-refractivity contribution in [3.05, 3.63) is 30.1 Å². The van der Waals surface area contributed by atoms with E-state index in [2.05, 4.69) is 38.8 Å². The highest BCUT2D eigenvalue weighted by atomic mass is 16.5. The van der Waals surface area contributed by atoms with Crippen LogP contribution in [0.4, 0.5) is 0 Å². The summed E-state index contributed by atoms with van der Waals surface area (Å²) in [6.07, 6.45) is 2.85. The standard InChI is InChI=1S/C14H22N4O/c1-19-8-7-15-5-2-6-16-10-12-3-4-13-14(9-12)18-11-17-13/h3-4,9,11,15-16H,2,5-8,10H2,1H3,(H,17,18). The molecule has 3 N–H and O–H groups in total. The number of rotatable bonds is 9. The van der Waals surface area contributed by atoms with E-state index in [-0.39, 0.29) is 0 Å². The first-order valence-electron chi connectivity index (χ1n) is 6.72. The topological polar surface area (TPSA) is 62.0 Å². The van der Waals surface area contributed by atoms with Crippen molar-refractivity contribution >= 4 is 11.0 Å². The molecular weight excluding hydrogens is 240 g/mol. The lowest BCUT2D eigenvalue weighted by atomic mass is 10.2. The summed E-state index contributed by atoms with van der Waals surface area (Å²) >= 11 is 0. The fraction of sp³-hybridized carbons (Fsp3) is 0.500. The van der Waals surface area contributed by atoms with Crippen molar-refractivity contribution in [2.24, 2.45) is 0 Å². The predicted molar refractivity (Wildman–Crippen MR) is 77.2 cm³/mol. The Morgan fingerprint density at radius 3 is 3.00 bits per heavy atom. The summed E-state index contributed by atoms with van der Waals surface area (Å²) in [5, 5.41) is 6.77. The maximum atomic E-state index is 4.97. The number of hydrogen-bond donors (Lipinski definition) is 3. The second-order valence-electron chi connectivity index (χ2n) is 4.53. The fourth-order valence-corrected chi connectivity index (χ4v) is 1.96. The lowest BCUT2D eigenvalue weighted by Gasteiger charge is -2.06. The molecule has 0 amide bonds. The molecular formula is C14H22N4O. The van der Waals surface area contributed by atoms with Gasteiger partial charge in [0.25, 0.3) is 0 Å². The first-order chi connectivity index (χ1) is 9.40. The maximum absolute atomic E-state index is 4.97. The van der Waals surface area contributed by atoms with Crippen LogP contribution in [0, 0.1) is 0 Å². The zero-order valence-electron chi connectivity index (χ0n) is 11.4. The number of ether oxygens (including phenoxy) is 1. The van der Waals surface area contributed by atoms with Gasteiger partial charge in [0.1, 0.15) is 0 Å². The summed E-state index contributed by atoms with van der Waals surface area (Å²) in [6.45, 7) is 4.63. The highest BCUT2D eigenvalue weighted by Gasteiger charge is 1.98. The third kappa shape index (κ3) is 4.63. The van der Waals surface area contributed by atoms with E-state index in [9.17, 15) is 0 Å². The van der Waals surface area contributed by atoms with Crippen molar-refractivity contribution in [2.75, 3.05) is 33.4 Å². The van der Waals surface area contributed by atoms with Crippen LogP contribution in [0.1, 0.15) is 12.0 Å². The molecule has 0 atom stereocenters. The number of hydrogen-bond acceptors (Lipinski definition) is 4. The molecule has 0 bridgehead atoms. The zero-order chi connectivity index (χ0) is 13.3. The Morgan fingerprint density at radius 1 is 1.21 bits per heavy atom. The van der Waals surface area contributed by atoms with Crippen LogP contribution in [-0.4, -0.2) is 43.3 Å². The number of benzene rings is 1. The lowest BCUT2D eigenvalue weighted by Crippen LogP contribution is -2.24. The van der Waals surface area contributed by atoms with Crippen LogP contribution < -0.4 is 10.6 Å². The summed E-state index contributed by atoms with van der Waals surface area (Å²) < 4.78 is 4.97. The summed E-state index contributed by atoms with van der Waals surface area (Å²) in [6, 6.07) is 6.31. The van der Waals surface area contributed by atoms with E-state index in [1.165, 1.54) is 5.56 Å². The summed E-state index contributed by atoms with van der Waals surface area (Å²) in [5.41, 5.74) is 3.40. The van der Waals surface area contributed by atoms with Crippen molar-refractivity contribution in [3.63, 3.8) is 0 Å². The van der Waals surface area contributed by atoms with E-state index in [4.69, 9.17) is 4.74 Å². The van der Waals surface area contributed by atoms with Crippen molar-refractivity contribution in [2.45, 2.75) is 13.0 Å². The number of nitrogens with one attached hydrogen (secondary N) is 3. The van der Waals surface area contributed by atoms with Gasteiger partial charge in [-0.3, -0.25) is 0 Å². The number of aromatic amines is 1. The van der Waals surface area contributed by atoms with E-state index in [1.54, 1.807) is 13.4 Å². The smallest absolute Gasteiger partial charge is 0.0931 e. The van der Waals surface area contributed by atoms with Gasteiger partial charge in [-0.05, 0) is 37.2 Å². The minimum Gasteiger partial charge on any atom is -0.383 e. The van der Waals surface area contributed by atoms with Gasteiger partial charge in [0.15, 0.2) is 0 Å². The third-order valence-corrected chi connectivity index (χ3v) is 3.00. The molecule has 0 spiro atoms. The molecule has 1 aromatic heterocycles. The minimum atomic E-state index is 0.775. The second kappa shape index (κ2) is 7.89. The zero-order valence-corrected chi connectivity index (χ0v) is 11.4. The maximum Gasteiger partial charge on any atom is 0.0931 e. The molecule has 5 nitrogen and oxygen atoms in total. The van der Waals surface area contributed by atoms with Gasteiger partial charge in [0.2, 0.25) is 0 Å². The van der Waals surface area contributed by atoms with Crippen molar-refractivity contribution < 1.29 is 4.74 Å². The molecule has 0 unspecified atom stereocenters. The number of aromatic nitrogens is 2. The average molecular weight is 262 g/mol. The average Bonchev–Trinajstić information content (AvgIpc) is 2.89. The monoisotopic (exact) mass is 262 g/mol.